The average molecular weight is 350 g/mol. The number of nitrogens with one attached hydrogen (secondary N) is 1. The fourth-order valence-electron chi connectivity index (χ4n) is 1.61. The van der Waals surface area contributed by atoms with Gasteiger partial charge in [-0.05, 0) is 24.3 Å². The molecule has 0 aliphatic rings. The number of hydrogen-bond donors (Lipinski definition) is 1. The number of nitro benzene ring substituents is 1. The third-order valence-corrected chi connectivity index (χ3v) is 3.93. The lowest BCUT2D eigenvalue weighted by Crippen LogP contribution is -2.19. The average Bonchev–Trinajstić information content (AvgIpc) is 2.54. The van der Waals surface area contributed by atoms with Gasteiger partial charge in [0.1, 0.15) is 0 Å². The van der Waals surface area contributed by atoms with E-state index in [4.69, 9.17) is 11.6 Å². The fourth-order valence-corrected chi connectivity index (χ4v) is 2.43. The third-order valence-electron chi connectivity index (χ3n) is 2.67. The number of carbonyl (C=O) groups excluding carboxylic acids is 1. The molecular formula is C15H12ClN3O3S. The fraction of sp³-hybridized carbons (Fsp3) is 0.0667. The largest absolute Gasteiger partial charge is 0.272 e. The Labute approximate surface area is 141 Å². The van der Waals surface area contributed by atoms with Crippen molar-refractivity contribution in [3.8, 4) is 0 Å². The predicted molar refractivity (Wildman–Crippen MR) is 91.0 cm³/mol. The molecule has 0 aliphatic carbocycles. The number of benzene rings is 2. The highest BCUT2D eigenvalue weighted by atomic mass is 35.5. The molecule has 0 spiro atoms. The molecule has 0 saturated carbocycles. The molecule has 118 valence electrons. The Morgan fingerprint density at radius 3 is 2.74 bits per heavy atom. The van der Waals surface area contributed by atoms with E-state index in [1.165, 1.54) is 30.1 Å². The summed E-state index contributed by atoms with van der Waals surface area (Å²) in [5, 5.41) is 15.1. The molecule has 1 amide bonds. The number of amides is 1. The Morgan fingerprint density at radius 1 is 1.30 bits per heavy atom. The summed E-state index contributed by atoms with van der Waals surface area (Å²) >= 11 is 7.14. The van der Waals surface area contributed by atoms with Crippen LogP contribution in [0.3, 0.4) is 0 Å². The normalized spacial score (nSPS) is 10.7. The maximum atomic E-state index is 11.7. The molecule has 6 nitrogen and oxygen atoms in total. The molecule has 0 aromatic heterocycles. The molecule has 0 aliphatic heterocycles. The van der Waals surface area contributed by atoms with E-state index in [2.05, 4.69) is 10.5 Å². The zero-order valence-electron chi connectivity index (χ0n) is 11.8. The number of non-ortho nitro benzene ring substituents is 1. The van der Waals surface area contributed by atoms with Gasteiger partial charge in [-0.2, -0.15) is 5.10 Å². The summed E-state index contributed by atoms with van der Waals surface area (Å²) in [5.41, 5.74) is 2.88. The van der Waals surface area contributed by atoms with Gasteiger partial charge >= 0.3 is 0 Å². The van der Waals surface area contributed by atoms with Crippen LogP contribution in [0.1, 0.15) is 5.56 Å². The Bertz CT molecular complexity index is 735. The van der Waals surface area contributed by atoms with Crippen molar-refractivity contribution < 1.29 is 9.72 Å². The highest BCUT2D eigenvalue weighted by Crippen LogP contribution is 2.19. The number of carbonyl (C=O) groups is 1. The van der Waals surface area contributed by atoms with Gasteiger partial charge in [0.25, 0.3) is 5.69 Å². The van der Waals surface area contributed by atoms with Gasteiger partial charge in [-0.25, -0.2) is 5.43 Å². The van der Waals surface area contributed by atoms with Gasteiger partial charge in [0.05, 0.1) is 16.9 Å². The minimum atomic E-state index is -0.487. The van der Waals surface area contributed by atoms with Crippen molar-refractivity contribution in [1.29, 1.82) is 0 Å². The molecule has 0 bridgehead atoms. The molecule has 0 fully saturated rings. The summed E-state index contributed by atoms with van der Waals surface area (Å²) in [6.07, 6.45) is 1.36. The summed E-state index contributed by atoms with van der Waals surface area (Å²) < 4.78 is 0. The molecule has 0 heterocycles. The number of rotatable bonds is 6. The van der Waals surface area contributed by atoms with Crippen molar-refractivity contribution in [3.05, 3.63) is 69.2 Å². The van der Waals surface area contributed by atoms with Gasteiger partial charge in [0.2, 0.25) is 5.91 Å². The first-order chi connectivity index (χ1) is 11.0. The van der Waals surface area contributed by atoms with Crippen molar-refractivity contribution in [1.82, 2.24) is 5.43 Å². The number of nitro groups is 1. The monoisotopic (exact) mass is 349 g/mol. The number of hydrogen-bond acceptors (Lipinski definition) is 5. The second-order valence-corrected chi connectivity index (χ2v) is 5.87. The molecule has 0 saturated heterocycles. The van der Waals surface area contributed by atoms with Crippen LogP contribution in [0, 0.1) is 10.1 Å². The molecular weight excluding hydrogens is 338 g/mol. The predicted octanol–water partition coefficient (Wildman–Crippen LogP) is 3.49. The Kier molecular flexibility index (Phi) is 6.13. The summed E-state index contributed by atoms with van der Waals surface area (Å²) in [7, 11) is 0. The first-order valence-electron chi connectivity index (χ1n) is 6.49. The summed E-state index contributed by atoms with van der Waals surface area (Å²) in [6, 6.07) is 13.1. The molecule has 0 radical (unpaired) electrons. The molecule has 0 atom stereocenters. The van der Waals surface area contributed by atoms with Gasteiger partial charge in [-0.3, -0.25) is 14.9 Å². The number of nitrogens with zero attached hydrogens (tertiary/aromatic N) is 2. The van der Waals surface area contributed by atoms with E-state index in [0.717, 1.165) is 4.90 Å². The Balaban J connectivity index is 1.83. The van der Waals surface area contributed by atoms with Gasteiger partial charge < -0.3 is 0 Å². The highest BCUT2D eigenvalue weighted by Gasteiger charge is 2.04. The smallest absolute Gasteiger partial charge is 0.270 e. The maximum absolute atomic E-state index is 11.7. The van der Waals surface area contributed by atoms with E-state index < -0.39 is 4.92 Å². The van der Waals surface area contributed by atoms with Crippen molar-refractivity contribution in [2.45, 2.75) is 4.90 Å². The van der Waals surface area contributed by atoms with Crippen LogP contribution in [-0.4, -0.2) is 22.8 Å². The van der Waals surface area contributed by atoms with E-state index in [9.17, 15) is 14.9 Å². The highest BCUT2D eigenvalue weighted by molar-refractivity contribution is 8.00. The number of thioether (sulfide) groups is 1. The zero-order chi connectivity index (χ0) is 16.7. The van der Waals surface area contributed by atoms with Crippen LogP contribution in [-0.2, 0) is 4.79 Å². The van der Waals surface area contributed by atoms with Crippen LogP contribution in [0.4, 0.5) is 5.69 Å². The van der Waals surface area contributed by atoms with Gasteiger partial charge in [0, 0.05) is 27.6 Å². The molecule has 2 aromatic rings. The minimum absolute atomic E-state index is 0.0291. The molecule has 0 unspecified atom stereocenters. The quantitative estimate of drug-likeness (QED) is 0.374. The van der Waals surface area contributed by atoms with Crippen molar-refractivity contribution in [3.63, 3.8) is 0 Å². The van der Waals surface area contributed by atoms with Crippen molar-refractivity contribution in [2.24, 2.45) is 5.10 Å². The Hall–Kier alpha value is -2.38. The molecule has 1 N–H and O–H groups in total. The summed E-state index contributed by atoms with van der Waals surface area (Å²) in [6.45, 7) is 0. The first-order valence-corrected chi connectivity index (χ1v) is 7.85. The minimum Gasteiger partial charge on any atom is -0.272 e. The standard InChI is InChI=1S/C15H12ClN3O3S/c16-12-4-6-14(7-5-12)23-10-15(20)18-17-9-11-2-1-3-13(8-11)19(21)22/h1-9H,10H2,(H,18,20)/b17-9+. The van der Waals surface area contributed by atoms with E-state index in [1.54, 1.807) is 24.3 Å². The van der Waals surface area contributed by atoms with Gasteiger partial charge in [-0.15, -0.1) is 11.8 Å². The van der Waals surface area contributed by atoms with Gasteiger partial charge in [0.15, 0.2) is 0 Å². The second kappa shape index (κ2) is 8.30. The summed E-state index contributed by atoms with van der Waals surface area (Å²) in [4.78, 5) is 22.8. The van der Waals surface area contributed by atoms with Crippen LogP contribution in [0.15, 0.2) is 58.5 Å². The van der Waals surface area contributed by atoms with E-state index in [-0.39, 0.29) is 17.3 Å². The number of hydrazone groups is 1. The molecule has 8 heteroatoms. The lowest BCUT2D eigenvalue weighted by Gasteiger charge is -2.01. The summed E-state index contributed by atoms with van der Waals surface area (Å²) in [5.74, 6) is -0.0693. The van der Waals surface area contributed by atoms with Crippen LogP contribution < -0.4 is 5.43 Å². The van der Waals surface area contributed by atoms with E-state index in [1.807, 2.05) is 12.1 Å². The SMILES string of the molecule is O=C(CSc1ccc(Cl)cc1)N/N=C/c1cccc([N+](=O)[O-])c1. The molecule has 2 aromatic carbocycles. The van der Waals surface area contributed by atoms with Crippen LogP contribution in [0.2, 0.25) is 5.02 Å². The molecule has 2 rings (SSSR count). The Morgan fingerprint density at radius 2 is 2.04 bits per heavy atom. The zero-order valence-corrected chi connectivity index (χ0v) is 13.4. The van der Waals surface area contributed by atoms with Crippen molar-refractivity contribution >= 4 is 41.2 Å². The van der Waals surface area contributed by atoms with Gasteiger partial charge in [-0.1, -0.05) is 23.7 Å². The van der Waals surface area contributed by atoms with E-state index in [0.29, 0.717) is 10.6 Å². The van der Waals surface area contributed by atoms with E-state index >= 15 is 0 Å². The third kappa shape index (κ3) is 5.72. The van der Waals surface area contributed by atoms with Crippen molar-refractivity contribution in [2.75, 3.05) is 5.75 Å². The number of halogens is 1. The maximum Gasteiger partial charge on any atom is 0.270 e. The second-order valence-electron chi connectivity index (χ2n) is 4.39. The van der Waals surface area contributed by atoms with Crippen LogP contribution in [0.25, 0.3) is 0 Å². The lowest BCUT2D eigenvalue weighted by molar-refractivity contribution is -0.384. The lowest BCUT2D eigenvalue weighted by atomic mass is 10.2. The molecule has 23 heavy (non-hydrogen) atoms. The first kappa shape index (κ1) is 17.0. The topological polar surface area (TPSA) is 84.6 Å². The van der Waals surface area contributed by atoms with Crippen LogP contribution in [0.5, 0.6) is 0 Å². The van der Waals surface area contributed by atoms with Crippen LogP contribution >= 0.6 is 23.4 Å².